The van der Waals surface area contributed by atoms with Crippen LogP contribution < -0.4 is 4.74 Å². The van der Waals surface area contributed by atoms with E-state index in [1.807, 2.05) is 0 Å². The van der Waals surface area contributed by atoms with Crippen molar-refractivity contribution >= 4 is 0 Å². The van der Waals surface area contributed by atoms with Gasteiger partial charge in [0, 0.05) is 12.5 Å². The van der Waals surface area contributed by atoms with E-state index in [9.17, 15) is 0 Å². The summed E-state index contributed by atoms with van der Waals surface area (Å²) >= 11 is 0. The molecule has 1 atom stereocenters. The van der Waals surface area contributed by atoms with Crippen molar-refractivity contribution in [1.82, 2.24) is 0 Å². The SMILES string of the molecule is Cc1ccc(C)c(OCC2CCOC2)c1. The summed E-state index contributed by atoms with van der Waals surface area (Å²) in [5.41, 5.74) is 2.46. The average Bonchev–Trinajstić information content (AvgIpc) is 2.72. The Kier molecular flexibility index (Phi) is 3.27. The fourth-order valence-corrected chi connectivity index (χ4v) is 1.79. The van der Waals surface area contributed by atoms with Crippen LogP contribution in [-0.2, 0) is 4.74 Å². The molecule has 0 saturated carbocycles. The van der Waals surface area contributed by atoms with Crippen LogP contribution >= 0.6 is 0 Å². The van der Waals surface area contributed by atoms with Crippen molar-refractivity contribution in [2.24, 2.45) is 5.92 Å². The second-order valence-electron chi connectivity index (χ2n) is 4.31. The van der Waals surface area contributed by atoms with Gasteiger partial charge in [-0.1, -0.05) is 12.1 Å². The number of benzene rings is 1. The Bertz CT molecular complexity index is 327. The molecular formula is C13H18O2. The van der Waals surface area contributed by atoms with E-state index in [2.05, 4.69) is 32.0 Å². The Morgan fingerprint density at radius 2 is 2.27 bits per heavy atom. The Balaban J connectivity index is 1.94. The van der Waals surface area contributed by atoms with E-state index >= 15 is 0 Å². The molecule has 15 heavy (non-hydrogen) atoms. The maximum atomic E-state index is 5.82. The van der Waals surface area contributed by atoms with Gasteiger partial charge in [0.15, 0.2) is 0 Å². The van der Waals surface area contributed by atoms with Gasteiger partial charge in [-0.25, -0.2) is 0 Å². The second kappa shape index (κ2) is 4.67. The highest BCUT2D eigenvalue weighted by atomic mass is 16.5. The fourth-order valence-electron chi connectivity index (χ4n) is 1.79. The Labute approximate surface area is 91.2 Å². The van der Waals surface area contributed by atoms with Gasteiger partial charge in [0.05, 0.1) is 13.2 Å². The zero-order chi connectivity index (χ0) is 10.7. The molecular weight excluding hydrogens is 188 g/mol. The summed E-state index contributed by atoms with van der Waals surface area (Å²) in [7, 11) is 0. The van der Waals surface area contributed by atoms with Crippen LogP contribution in [0, 0.1) is 19.8 Å². The lowest BCUT2D eigenvalue weighted by Crippen LogP contribution is -2.12. The third-order valence-corrected chi connectivity index (χ3v) is 2.84. The van der Waals surface area contributed by atoms with Crippen LogP contribution in [0.2, 0.25) is 0 Å². The summed E-state index contributed by atoms with van der Waals surface area (Å²) in [4.78, 5) is 0. The fraction of sp³-hybridized carbons (Fsp3) is 0.538. The van der Waals surface area contributed by atoms with Crippen LogP contribution in [0.3, 0.4) is 0 Å². The van der Waals surface area contributed by atoms with Gasteiger partial charge in [0.1, 0.15) is 5.75 Å². The highest BCUT2D eigenvalue weighted by molar-refractivity contribution is 5.35. The van der Waals surface area contributed by atoms with Gasteiger partial charge in [0.2, 0.25) is 0 Å². The van der Waals surface area contributed by atoms with Crippen LogP contribution in [0.25, 0.3) is 0 Å². The first-order chi connectivity index (χ1) is 7.25. The third-order valence-electron chi connectivity index (χ3n) is 2.84. The molecule has 0 aromatic heterocycles. The maximum Gasteiger partial charge on any atom is 0.122 e. The Hall–Kier alpha value is -1.02. The van der Waals surface area contributed by atoms with Crippen LogP contribution in [0.5, 0.6) is 5.75 Å². The summed E-state index contributed by atoms with van der Waals surface area (Å²) in [6.07, 6.45) is 1.13. The van der Waals surface area contributed by atoms with Crippen molar-refractivity contribution in [2.75, 3.05) is 19.8 Å². The minimum Gasteiger partial charge on any atom is -0.493 e. The molecule has 0 bridgehead atoms. The summed E-state index contributed by atoms with van der Waals surface area (Å²) in [6.45, 7) is 6.70. The largest absolute Gasteiger partial charge is 0.493 e. The summed E-state index contributed by atoms with van der Waals surface area (Å²) in [6, 6.07) is 6.32. The quantitative estimate of drug-likeness (QED) is 0.757. The molecule has 0 amide bonds. The number of ether oxygens (including phenoxy) is 2. The number of rotatable bonds is 3. The lowest BCUT2D eigenvalue weighted by molar-refractivity contribution is 0.167. The molecule has 1 unspecified atom stereocenters. The predicted octanol–water partition coefficient (Wildman–Crippen LogP) is 2.72. The molecule has 82 valence electrons. The number of hydrogen-bond acceptors (Lipinski definition) is 2. The summed E-state index contributed by atoms with van der Waals surface area (Å²) in [5.74, 6) is 1.59. The molecule has 2 rings (SSSR count). The normalized spacial score (nSPS) is 20.5. The molecule has 1 aliphatic heterocycles. The van der Waals surface area contributed by atoms with Gasteiger partial charge in [0.25, 0.3) is 0 Å². The molecule has 0 N–H and O–H groups in total. The van der Waals surface area contributed by atoms with E-state index in [0.29, 0.717) is 5.92 Å². The number of hydrogen-bond donors (Lipinski definition) is 0. The molecule has 0 spiro atoms. The smallest absolute Gasteiger partial charge is 0.122 e. The minimum absolute atomic E-state index is 0.574. The van der Waals surface area contributed by atoms with Crippen LogP contribution in [-0.4, -0.2) is 19.8 Å². The highest BCUT2D eigenvalue weighted by Gasteiger charge is 2.16. The van der Waals surface area contributed by atoms with E-state index in [1.165, 1.54) is 11.1 Å². The Morgan fingerprint density at radius 3 is 3.00 bits per heavy atom. The molecule has 1 fully saturated rings. The molecule has 1 saturated heterocycles. The molecule has 0 aliphatic carbocycles. The van der Waals surface area contributed by atoms with E-state index in [1.54, 1.807) is 0 Å². The van der Waals surface area contributed by atoms with Crippen molar-refractivity contribution in [3.05, 3.63) is 29.3 Å². The first-order valence-electron chi connectivity index (χ1n) is 5.53. The van der Waals surface area contributed by atoms with Gasteiger partial charge in [-0.05, 0) is 37.5 Å². The highest BCUT2D eigenvalue weighted by Crippen LogP contribution is 2.21. The standard InChI is InChI=1S/C13H18O2/c1-10-3-4-11(2)13(7-10)15-9-12-5-6-14-8-12/h3-4,7,12H,5-6,8-9H2,1-2H3. The van der Waals surface area contributed by atoms with Crippen molar-refractivity contribution in [3.63, 3.8) is 0 Å². The first kappa shape index (κ1) is 10.5. The first-order valence-corrected chi connectivity index (χ1v) is 5.53. The van der Waals surface area contributed by atoms with Gasteiger partial charge < -0.3 is 9.47 Å². The molecule has 0 radical (unpaired) electrons. The van der Waals surface area contributed by atoms with Crippen molar-refractivity contribution in [2.45, 2.75) is 20.3 Å². The summed E-state index contributed by atoms with van der Waals surface area (Å²) in [5, 5.41) is 0. The van der Waals surface area contributed by atoms with E-state index in [-0.39, 0.29) is 0 Å². The van der Waals surface area contributed by atoms with Gasteiger partial charge in [-0.2, -0.15) is 0 Å². The molecule has 1 aromatic rings. The Morgan fingerprint density at radius 1 is 1.40 bits per heavy atom. The van der Waals surface area contributed by atoms with E-state index in [0.717, 1.165) is 32.0 Å². The van der Waals surface area contributed by atoms with Gasteiger partial charge in [-0.3, -0.25) is 0 Å². The zero-order valence-corrected chi connectivity index (χ0v) is 9.45. The van der Waals surface area contributed by atoms with Crippen molar-refractivity contribution in [1.29, 1.82) is 0 Å². The monoisotopic (exact) mass is 206 g/mol. The summed E-state index contributed by atoms with van der Waals surface area (Å²) < 4.78 is 11.1. The van der Waals surface area contributed by atoms with E-state index < -0.39 is 0 Å². The zero-order valence-electron chi connectivity index (χ0n) is 9.45. The van der Waals surface area contributed by atoms with Gasteiger partial charge in [-0.15, -0.1) is 0 Å². The minimum atomic E-state index is 0.574. The average molecular weight is 206 g/mol. The molecule has 2 heteroatoms. The second-order valence-corrected chi connectivity index (χ2v) is 4.31. The predicted molar refractivity (Wildman–Crippen MR) is 60.3 cm³/mol. The van der Waals surface area contributed by atoms with Crippen LogP contribution in [0.1, 0.15) is 17.5 Å². The molecule has 1 aromatic carbocycles. The maximum absolute atomic E-state index is 5.82. The van der Waals surface area contributed by atoms with Crippen molar-refractivity contribution in [3.8, 4) is 5.75 Å². The van der Waals surface area contributed by atoms with Crippen molar-refractivity contribution < 1.29 is 9.47 Å². The molecule has 1 aliphatic rings. The number of aryl methyl sites for hydroxylation is 2. The lowest BCUT2D eigenvalue weighted by Gasteiger charge is -2.12. The van der Waals surface area contributed by atoms with E-state index in [4.69, 9.17) is 9.47 Å². The molecule has 2 nitrogen and oxygen atoms in total. The third kappa shape index (κ3) is 2.72. The van der Waals surface area contributed by atoms with Crippen LogP contribution in [0.4, 0.5) is 0 Å². The van der Waals surface area contributed by atoms with Gasteiger partial charge >= 0.3 is 0 Å². The molecule has 1 heterocycles. The van der Waals surface area contributed by atoms with Crippen LogP contribution in [0.15, 0.2) is 18.2 Å². The lowest BCUT2D eigenvalue weighted by atomic mass is 10.1. The topological polar surface area (TPSA) is 18.5 Å².